The molecular formula is C14H16N2O3. The fraction of sp³-hybridized carbons (Fsp3) is 0.286. The van der Waals surface area contributed by atoms with Gasteiger partial charge in [0.05, 0.1) is 13.7 Å². The van der Waals surface area contributed by atoms with Gasteiger partial charge in [0.1, 0.15) is 17.0 Å². The maximum atomic E-state index is 11.9. The van der Waals surface area contributed by atoms with Crippen LogP contribution in [0.25, 0.3) is 11.3 Å². The first-order chi connectivity index (χ1) is 9.17. The minimum atomic E-state index is -0.362. The first-order valence-corrected chi connectivity index (χ1v) is 6.03. The predicted molar refractivity (Wildman–Crippen MR) is 71.3 cm³/mol. The molecule has 1 N–H and O–H groups in total. The van der Waals surface area contributed by atoms with Crippen LogP contribution < -0.4 is 4.74 Å². The second-order valence-corrected chi connectivity index (χ2v) is 4.02. The number of ether oxygens (including phenoxy) is 2. The molecule has 1 aromatic heterocycles. The van der Waals surface area contributed by atoms with Gasteiger partial charge in [-0.15, -0.1) is 0 Å². The summed E-state index contributed by atoms with van der Waals surface area (Å²) in [5, 5.41) is 7.00. The number of aromatic amines is 1. The van der Waals surface area contributed by atoms with E-state index in [2.05, 4.69) is 10.2 Å². The second kappa shape index (κ2) is 5.56. The Labute approximate surface area is 111 Å². The van der Waals surface area contributed by atoms with E-state index in [1.807, 2.05) is 24.3 Å². The van der Waals surface area contributed by atoms with Crippen LogP contribution >= 0.6 is 0 Å². The molecule has 1 aromatic carbocycles. The van der Waals surface area contributed by atoms with E-state index in [9.17, 15) is 4.79 Å². The molecule has 0 unspecified atom stereocenters. The molecule has 0 bridgehead atoms. The topological polar surface area (TPSA) is 64.2 Å². The van der Waals surface area contributed by atoms with E-state index < -0.39 is 0 Å². The standard InChI is InChI=1S/C14H16N2O3/c1-4-19-14(17)12-9(2)15-16-13(12)10-5-7-11(18-3)8-6-10/h5-8H,4H2,1-3H3,(H,15,16). The maximum Gasteiger partial charge on any atom is 0.342 e. The molecule has 1 heterocycles. The summed E-state index contributed by atoms with van der Waals surface area (Å²) >= 11 is 0. The quantitative estimate of drug-likeness (QED) is 0.858. The van der Waals surface area contributed by atoms with Crippen molar-refractivity contribution in [1.29, 1.82) is 0 Å². The largest absolute Gasteiger partial charge is 0.497 e. The van der Waals surface area contributed by atoms with Crippen LogP contribution in [0.2, 0.25) is 0 Å². The third-order valence-electron chi connectivity index (χ3n) is 2.79. The number of hydrogen-bond acceptors (Lipinski definition) is 4. The molecule has 2 rings (SSSR count). The number of carbonyl (C=O) groups is 1. The van der Waals surface area contributed by atoms with Gasteiger partial charge in [0.15, 0.2) is 0 Å². The summed E-state index contributed by atoms with van der Waals surface area (Å²) in [6, 6.07) is 7.37. The van der Waals surface area contributed by atoms with E-state index in [-0.39, 0.29) is 5.97 Å². The summed E-state index contributed by atoms with van der Waals surface area (Å²) in [4.78, 5) is 11.9. The third kappa shape index (κ3) is 2.59. The molecule has 0 saturated carbocycles. The van der Waals surface area contributed by atoms with E-state index >= 15 is 0 Å². The molecule has 100 valence electrons. The van der Waals surface area contributed by atoms with Crippen LogP contribution in [0.15, 0.2) is 24.3 Å². The lowest BCUT2D eigenvalue weighted by molar-refractivity contribution is 0.0526. The smallest absolute Gasteiger partial charge is 0.342 e. The van der Waals surface area contributed by atoms with Crippen molar-refractivity contribution in [1.82, 2.24) is 10.2 Å². The molecule has 5 nitrogen and oxygen atoms in total. The van der Waals surface area contributed by atoms with Crippen molar-refractivity contribution in [3.8, 4) is 17.0 Å². The molecule has 0 atom stereocenters. The number of hydrogen-bond donors (Lipinski definition) is 1. The average Bonchev–Trinajstić information content (AvgIpc) is 2.81. The van der Waals surface area contributed by atoms with Crippen LogP contribution in [0.3, 0.4) is 0 Å². The van der Waals surface area contributed by atoms with Crippen molar-refractivity contribution in [3.63, 3.8) is 0 Å². The summed E-state index contributed by atoms with van der Waals surface area (Å²) in [7, 11) is 1.61. The zero-order valence-corrected chi connectivity index (χ0v) is 11.2. The second-order valence-electron chi connectivity index (χ2n) is 4.02. The average molecular weight is 260 g/mol. The van der Waals surface area contributed by atoms with Crippen LogP contribution in [-0.4, -0.2) is 29.9 Å². The first kappa shape index (κ1) is 13.1. The fourth-order valence-electron chi connectivity index (χ4n) is 1.84. The summed E-state index contributed by atoms with van der Waals surface area (Å²) < 4.78 is 10.2. The Morgan fingerprint density at radius 1 is 1.32 bits per heavy atom. The van der Waals surface area contributed by atoms with E-state index in [0.717, 1.165) is 11.3 Å². The molecule has 0 saturated heterocycles. The van der Waals surface area contributed by atoms with E-state index in [0.29, 0.717) is 23.6 Å². The molecule has 2 aromatic rings. The number of rotatable bonds is 4. The van der Waals surface area contributed by atoms with Crippen molar-refractivity contribution >= 4 is 5.97 Å². The zero-order valence-electron chi connectivity index (χ0n) is 11.2. The Morgan fingerprint density at radius 3 is 2.58 bits per heavy atom. The van der Waals surface area contributed by atoms with E-state index in [1.165, 1.54) is 0 Å². The van der Waals surface area contributed by atoms with Gasteiger partial charge in [0.25, 0.3) is 0 Å². The maximum absolute atomic E-state index is 11.9. The Morgan fingerprint density at radius 2 is 2.00 bits per heavy atom. The minimum Gasteiger partial charge on any atom is -0.497 e. The van der Waals surface area contributed by atoms with Gasteiger partial charge in [0, 0.05) is 11.3 Å². The lowest BCUT2D eigenvalue weighted by Crippen LogP contribution is -2.06. The van der Waals surface area contributed by atoms with Gasteiger partial charge in [-0.2, -0.15) is 5.10 Å². The predicted octanol–water partition coefficient (Wildman–Crippen LogP) is 2.57. The molecule has 19 heavy (non-hydrogen) atoms. The van der Waals surface area contributed by atoms with Crippen molar-refractivity contribution in [2.45, 2.75) is 13.8 Å². The van der Waals surface area contributed by atoms with Crippen LogP contribution in [0, 0.1) is 6.92 Å². The summed E-state index contributed by atoms with van der Waals surface area (Å²) in [6.45, 7) is 3.91. The highest BCUT2D eigenvalue weighted by atomic mass is 16.5. The minimum absolute atomic E-state index is 0.339. The van der Waals surface area contributed by atoms with Crippen LogP contribution in [0.4, 0.5) is 0 Å². The van der Waals surface area contributed by atoms with Gasteiger partial charge >= 0.3 is 5.97 Å². The molecule has 0 aliphatic carbocycles. The molecule has 5 heteroatoms. The SMILES string of the molecule is CCOC(=O)c1c(-c2ccc(OC)cc2)n[nH]c1C. The van der Waals surface area contributed by atoms with Crippen LogP contribution in [0.1, 0.15) is 23.0 Å². The number of H-pyrrole nitrogens is 1. The Kier molecular flexibility index (Phi) is 3.85. The Balaban J connectivity index is 2.41. The lowest BCUT2D eigenvalue weighted by Gasteiger charge is -2.05. The number of carbonyl (C=O) groups excluding carboxylic acids is 1. The number of esters is 1. The number of aryl methyl sites for hydroxylation is 1. The molecule has 0 radical (unpaired) electrons. The summed E-state index contributed by atoms with van der Waals surface area (Å²) in [5.41, 5.74) is 2.61. The lowest BCUT2D eigenvalue weighted by atomic mass is 10.1. The Hall–Kier alpha value is -2.30. The number of benzene rings is 1. The van der Waals surface area contributed by atoms with Gasteiger partial charge in [-0.3, -0.25) is 5.10 Å². The van der Waals surface area contributed by atoms with Crippen LogP contribution in [0.5, 0.6) is 5.75 Å². The molecule has 0 spiro atoms. The van der Waals surface area contributed by atoms with Gasteiger partial charge in [-0.05, 0) is 38.1 Å². The number of nitrogens with one attached hydrogen (secondary N) is 1. The molecular weight excluding hydrogens is 244 g/mol. The van der Waals surface area contributed by atoms with Crippen molar-refractivity contribution in [2.24, 2.45) is 0 Å². The van der Waals surface area contributed by atoms with E-state index in [1.54, 1.807) is 21.0 Å². The van der Waals surface area contributed by atoms with Crippen molar-refractivity contribution < 1.29 is 14.3 Å². The zero-order chi connectivity index (χ0) is 13.8. The Bertz CT molecular complexity index is 573. The first-order valence-electron chi connectivity index (χ1n) is 6.03. The number of nitrogens with zero attached hydrogens (tertiary/aromatic N) is 1. The molecule has 0 aliphatic rings. The van der Waals surface area contributed by atoms with E-state index in [4.69, 9.17) is 9.47 Å². The van der Waals surface area contributed by atoms with Crippen molar-refractivity contribution in [2.75, 3.05) is 13.7 Å². The molecule has 0 aliphatic heterocycles. The number of aromatic nitrogens is 2. The summed E-state index contributed by atoms with van der Waals surface area (Å²) in [6.07, 6.45) is 0. The van der Waals surface area contributed by atoms with Crippen molar-refractivity contribution in [3.05, 3.63) is 35.5 Å². The van der Waals surface area contributed by atoms with Gasteiger partial charge in [-0.1, -0.05) is 0 Å². The molecule has 0 amide bonds. The highest BCUT2D eigenvalue weighted by Gasteiger charge is 2.20. The third-order valence-corrected chi connectivity index (χ3v) is 2.79. The summed E-state index contributed by atoms with van der Waals surface area (Å²) in [5.74, 6) is 0.397. The highest BCUT2D eigenvalue weighted by Crippen LogP contribution is 2.26. The monoisotopic (exact) mass is 260 g/mol. The number of methoxy groups -OCH3 is 1. The van der Waals surface area contributed by atoms with Gasteiger partial charge in [-0.25, -0.2) is 4.79 Å². The van der Waals surface area contributed by atoms with Gasteiger partial charge in [0.2, 0.25) is 0 Å². The molecule has 0 fully saturated rings. The van der Waals surface area contributed by atoms with Gasteiger partial charge < -0.3 is 9.47 Å². The fourth-order valence-corrected chi connectivity index (χ4v) is 1.84. The highest BCUT2D eigenvalue weighted by molar-refractivity contribution is 5.97. The normalized spacial score (nSPS) is 10.3. The van der Waals surface area contributed by atoms with Crippen LogP contribution in [-0.2, 0) is 4.74 Å².